The van der Waals surface area contributed by atoms with Crippen molar-refractivity contribution in [1.82, 2.24) is 4.73 Å². The molecule has 0 atom stereocenters. The molecule has 0 aliphatic rings. The van der Waals surface area contributed by atoms with Crippen LogP contribution < -0.4 is 9.42 Å². The summed E-state index contributed by atoms with van der Waals surface area (Å²) >= 11 is 0. The van der Waals surface area contributed by atoms with Gasteiger partial charge in [-0.3, -0.25) is 4.28 Å². The molecule has 1 aromatic heterocycles. The normalized spacial score (nSPS) is 11.7. The molecule has 0 amide bonds. The van der Waals surface area contributed by atoms with Gasteiger partial charge < -0.3 is 0 Å². The minimum atomic E-state index is -3.95. The second-order valence-corrected chi connectivity index (χ2v) is 5.55. The van der Waals surface area contributed by atoms with Gasteiger partial charge in [-0.15, -0.1) is 0 Å². The van der Waals surface area contributed by atoms with Gasteiger partial charge in [-0.05, 0) is 25.0 Å². The molecule has 0 fully saturated rings. The largest absolute Gasteiger partial charge is 0.398 e. The maximum absolute atomic E-state index is 10.8. The molecular weight excluding hydrogens is 252 g/mol. The Morgan fingerprint density at radius 3 is 2.56 bits per heavy atom. The lowest BCUT2D eigenvalue weighted by molar-refractivity contribution is 0.269. The van der Waals surface area contributed by atoms with E-state index in [0.29, 0.717) is 0 Å². The van der Waals surface area contributed by atoms with Crippen LogP contribution in [0.15, 0.2) is 18.3 Å². The molecule has 0 aliphatic carbocycles. The molecule has 104 valence electrons. The van der Waals surface area contributed by atoms with Crippen molar-refractivity contribution in [2.75, 3.05) is 0 Å². The van der Waals surface area contributed by atoms with E-state index in [9.17, 15) is 8.42 Å². The van der Waals surface area contributed by atoms with Crippen molar-refractivity contribution in [3.63, 3.8) is 0 Å². The number of aromatic nitrogens is 1. The molecule has 0 aliphatic heterocycles. The summed E-state index contributed by atoms with van der Waals surface area (Å²) < 4.78 is 27.5. The van der Waals surface area contributed by atoms with E-state index in [-0.39, 0.29) is 0 Å². The van der Waals surface area contributed by atoms with Crippen molar-refractivity contribution in [3.8, 4) is 0 Å². The highest BCUT2D eigenvalue weighted by atomic mass is 32.2. The fraction of sp³-hybridized carbons (Fsp3) is 0.667. The Balaban J connectivity index is 2.32. The Hall–Kier alpha value is -1.01. The van der Waals surface area contributed by atoms with E-state index in [1.165, 1.54) is 30.4 Å². The summed E-state index contributed by atoms with van der Waals surface area (Å²) in [5.74, 6) is 0. The Kier molecular flexibility index (Phi) is 6.21. The van der Waals surface area contributed by atoms with Gasteiger partial charge in [-0.1, -0.05) is 39.0 Å². The predicted octanol–water partition coefficient (Wildman–Crippen LogP) is 2.02. The Labute approximate surface area is 109 Å². The molecule has 0 saturated heterocycles. The second-order valence-electron chi connectivity index (χ2n) is 4.41. The number of hydrogen-bond donors (Lipinski definition) is 1. The number of aryl methyl sites for hydroxylation is 1. The maximum Gasteiger partial charge on any atom is 0.398 e. The van der Waals surface area contributed by atoms with Crippen LogP contribution in [-0.4, -0.2) is 13.1 Å². The highest BCUT2D eigenvalue weighted by Crippen LogP contribution is 2.10. The summed E-state index contributed by atoms with van der Waals surface area (Å²) in [4.78, 5) is 0. The van der Waals surface area contributed by atoms with E-state index >= 15 is 0 Å². The SMILES string of the molecule is CCCCCCCCc1cccn1OS(N)(=O)=O. The molecular formula is C12H22N2O3S. The third-order valence-electron chi connectivity index (χ3n) is 2.76. The smallest absolute Gasteiger partial charge is 0.276 e. The van der Waals surface area contributed by atoms with Gasteiger partial charge in [0.15, 0.2) is 0 Å². The van der Waals surface area contributed by atoms with E-state index < -0.39 is 10.3 Å². The van der Waals surface area contributed by atoms with E-state index in [2.05, 4.69) is 11.2 Å². The van der Waals surface area contributed by atoms with E-state index in [1.807, 2.05) is 6.07 Å². The Bertz CT molecular complexity index is 440. The van der Waals surface area contributed by atoms with Crippen LogP contribution >= 0.6 is 0 Å². The van der Waals surface area contributed by atoms with Gasteiger partial charge >= 0.3 is 10.3 Å². The third-order valence-corrected chi connectivity index (χ3v) is 3.13. The van der Waals surface area contributed by atoms with Crippen LogP contribution in [-0.2, 0) is 16.7 Å². The molecule has 1 rings (SSSR count). The molecule has 0 spiro atoms. The van der Waals surface area contributed by atoms with Crippen molar-refractivity contribution < 1.29 is 12.7 Å². The molecule has 2 N–H and O–H groups in total. The number of nitrogens with two attached hydrogens (primary N) is 1. The van der Waals surface area contributed by atoms with Crippen molar-refractivity contribution in [1.29, 1.82) is 0 Å². The summed E-state index contributed by atoms with van der Waals surface area (Å²) in [6.45, 7) is 2.19. The summed E-state index contributed by atoms with van der Waals surface area (Å²) in [6.07, 6.45) is 9.56. The zero-order chi connectivity index (χ0) is 13.4. The lowest BCUT2D eigenvalue weighted by Gasteiger charge is -2.07. The van der Waals surface area contributed by atoms with Gasteiger partial charge in [0.05, 0.1) is 5.69 Å². The predicted molar refractivity (Wildman–Crippen MR) is 71.2 cm³/mol. The number of unbranched alkanes of at least 4 members (excludes halogenated alkanes) is 5. The summed E-state index contributed by atoms with van der Waals surface area (Å²) in [5, 5.41) is 4.83. The number of nitrogens with zero attached hydrogens (tertiary/aromatic N) is 1. The topological polar surface area (TPSA) is 74.3 Å². The zero-order valence-electron chi connectivity index (χ0n) is 10.8. The summed E-state index contributed by atoms with van der Waals surface area (Å²) in [5.41, 5.74) is 0.833. The average molecular weight is 274 g/mol. The minimum Gasteiger partial charge on any atom is -0.276 e. The molecule has 1 heterocycles. The highest BCUT2D eigenvalue weighted by molar-refractivity contribution is 7.84. The van der Waals surface area contributed by atoms with Gasteiger partial charge in [-0.25, -0.2) is 0 Å². The Morgan fingerprint density at radius 2 is 1.89 bits per heavy atom. The summed E-state index contributed by atoms with van der Waals surface area (Å²) in [6, 6.07) is 3.59. The number of hydrogen-bond acceptors (Lipinski definition) is 3. The molecule has 0 saturated carbocycles. The fourth-order valence-corrected chi connectivity index (χ4v) is 2.24. The van der Waals surface area contributed by atoms with Crippen molar-refractivity contribution in [2.24, 2.45) is 5.14 Å². The Morgan fingerprint density at radius 1 is 1.22 bits per heavy atom. The molecule has 0 unspecified atom stereocenters. The van der Waals surface area contributed by atoms with Gasteiger partial charge in [0, 0.05) is 6.20 Å². The van der Waals surface area contributed by atoms with Crippen LogP contribution in [0.4, 0.5) is 0 Å². The van der Waals surface area contributed by atoms with Gasteiger partial charge in [0.2, 0.25) is 0 Å². The quantitative estimate of drug-likeness (QED) is 0.700. The van der Waals surface area contributed by atoms with E-state index in [1.54, 1.807) is 12.3 Å². The van der Waals surface area contributed by atoms with E-state index in [0.717, 1.165) is 25.0 Å². The van der Waals surface area contributed by atoms with Crippen LogP contribution in [0.1, 0.15) is 51.1 Å². The average Bonchev–Trinajstić information content (AvgIpc) is 2.68. The first-order valence-electron chi connectivity index (χ1n) is 6.42. The molecule has 5 nitrogen and oxygen atoms in total. The van der Waals surface area contributed by atoms with Gasteiger partial charge in [0.25, 0.3) is 0 Å². The van der Waals surface area contributed by atoms with Gasteiger partial charge in [-0.2, -0.15) is 18.3 Å². The molecule has 18 heavy (non-hydrogen) atoms. The fourth-order valence-electron chi connectivity index (χ4n) is 1.87. The zero-order valence-corrected chi connectivity index (χ0v) is 11.7. The van der Waals surface area contributed by atoms with Crippen molar-refractivity contribution >= 4 is 10.3 Å². The second kappa shape index (κ2) is 7.43. The van der Waals surface area contributed by atoms with Gasteiger partial charge in [0.1, 0.15) is 0 Å². The maximum atomic E-state index is 10.8. The summed E-state index contributed by atoms with van der Waals surface area (Å²) in [7, 11) is -3.95. The van der Waals surface area contributed by atoms with Crippen LogP contribution in [0.5, 0.6) is 0 Å². The van der Waals surface area contributed by atoms with Crippen LogP contribution in [0.3, 0.4) is 0 Å². The third kappa shape index (κ3) is 6.07. The lowest BCUT2D eigenvalue weighted by atomic mass is 10.1. The van der Waals surface area contributed by atoms with Crippen LogP contribution in [0.2, 0.25) is 0 Å². The van der Waals surface area contributed by atoms with Crippen molar-refractivity contribution in [3.05, 3.63) is 24.0 Å². The monoisotopic (exact) mass is 274 g/mol. The van der Waals surface area contributed by atoms with Crippen LogP contribution in [0.25, 0.3) is 0 Å². The standard InChI is InChI=1S/C12H22N2O3S/c1-2-3-4-5-6-7-9-12-10-8-11-14(12)17-18(13,15)16/h8,10-11H,2-7,9H2,1H3,(H2,13,15,16). The molecule has 0 aromatic carbocycles. The minimum absolute atomic E-state index is 0.800. The van der Waals surface area contributed by atoms with Crippen LogP contribution in [0, 0.1) is 0 Å². The molecule has 0 radical (unpaired) electrons. The highest BCUT2D eigenvalue weighted by Gasteiger charge is 2.08. The molecule has 0 bridgehead atoms. The first kappa shape index (κ1) is 15.0. The van der Waals surface area contributed by atoms with Crippen molar-refractivity contribution in [2.45, 2.75) is 51.9 Å². The lowest BCUT2D eigenvalue weighted by Crippen LogP contribution is -2.27. The molecule has 6 heteroatoms. The number of rotatable bonds is 9. The first-order valence-corrected chi connectivity index (χ1v) is 7.89. The first-order chi connectivity index (χ1) is 8.53. The molecule has 1 aromatic rings. The van der Waals surface area contributed by atoms with E-state index in [4.69, 9.17) is 5.14 Å².